The van der Waals surface area contributed by atoms with Crippen molar-refractivity contribution in [2.45, 2.75) is 13.5 Å². The highest BCUT2D eigenvalue weighted by Crippen LogP contribution is 2.20. The summed E-state index contributed by atoms with van der Waals surface area (Å²) in [6.07, 6.45) is 0. The first-order chi connectivity index (χ1) is 13.9. The molecule has 29 heavy (non-hydrogen) atoms. The molecule has 3 aromatic rings. The third-order valence-electron chi connectivity index (χ3n) is 4.06. The average Bonchev–Trinajstić information content (AvgIpc) is 3.20. The second-order valence-corrected chi connectivity index (χ2v) is 6.99. The van der Waals surface area contributed by atoms with Crippen molar-refractivity contribution in [2.75, 3.05) is 11.9 Å². The summed E-state index contributed by atoms with van der Waals surface area (Å²) in [5.74, 6) is -1.26. The first kappa shape index (κ1) is 20.2. The second kappa shape index (κ2) is 9.07. The van der Waals surface area contributed by atoms with E-state index in [0.29, 0.717) is 17.2 Å². The SMILES string of the molecule is Cc1ccc(C(=O)COC(=O)c2csc(NCc3ccccc3)n2)cc1[N+](=O)[O-]. The highest BCUT2D eigenvalue weighted by atomic mass is 32.1. The predicted molar refractivity (Wildman–Crippen MR) is 108 cm³/mol. The van der Waals surface area contributed by atoms with E-state index >= 15 is 0 Å². The maximum Gasteiger partial charge on any atom is 0.358 e. The quantitative estimate of drug-likeness (QED) is 0.258. The fourth-order valence-corrected chi connectivity index (χ4v) is 3.17. The summed E-state index contributed by atoms with van der Waals surface area (Å²) in [5, 5.41) is 16.2. The Hall–Kier alpha value is -3.59. The Morgan fingerprint density at radius 1 is 1.21 bits per heavy atom. The highest BCUT2D eigenvalue weighted by Gasteiger charge is 2.18. The minimum absolute atomic E-state index is 0.0910. The Balaban J connectivity index is 1.55. The molecule has 148 valence electrons. The van der Waals surface area contributed by atoms with Crippen molar-refractivity contribution in [2.24, 2.45) is 0 Å². The van der Waals surface area contributed by atoms with Crippen molar-refractivity contribution < 1.29 is 19.2 Å². The van der Waals surface area contributed by atoms with Gasteiger partial charge in [0.15, 0.2) is 17.4 Å². The van der Waals surface area contributed by atoms with Crippen LogP contribution in [0.15, 0.2) is 53.9 Å². The number of hydrogen-bond acceptors (Lipinski definition) is 8. The van der Waals surface area contributed by atoms with Gasteiger partial charge in [0.1, 0.15) is 0 Å². The lowest BCUT2D eigenvalue weighted by molar-refractivity contribution is -0.385. The first-order valence-electron chi connectivity index (χ1n) is 8.62. The Bertz CT molecular complexity index is 1050. The molecule has 1 N–H and O–H groups in total. The fraction of sp³-hybridized carbons (Fsp3) is 0.150. The van der Waals surface area contributed by atoms with Gasteiger partial charge in [-0.25, -0.2) is 9.78 Å². The minimum Gasteiger partial charge on any atom is -0.453 e. The van der Waals surface area contributed by atoms with Crippen LogP contribution in [0.25, 0.3) is 0 Å². The molecule has 1 aromatic heterocycles. The number of aromatic nitrogens is 1. The standard InChI is InChI=1S/C20H17N3O5S/c1-13-7-8-15(9-17(13)23(26)27)18(24)11-28-19(25)16-12-29-20(22-16)21-10-14-5-3-2-4-6-14/h2-9,12H,10-11H2,1H3,(H,21,22). The number of aryl methyl sites for hydroxylation is 1. The van der Waals surface area contributed by atoms with Gasteiger partial charge in [0.2, 0.25) is 5.78 Å². The predicted octanol–water partition coefficient (Wildman–Crippen LogP) is 4.01. The van der Waals surface area contributed by atoms with E-state index in [2.05, 4.69) is 10.3 Å². The zero-order valence-electron chi connectivity index (χ0n) is 15.5. The van der Waals surface area contributed by atoms with Crippen LogP contribution in [0.2, 0.25) is 0 Å². The van der Waals surface area contributed by atoms with E-state index in [1.54, 1.807) is 6.92 Å². The summed E-state index contributed by atoms with van der Waals surface area (Å²) in [6, 6.07) is 13.9. The number of benzene rings is 2. The van der Waals surface area contributed by atoms with Gasteiger partial charge in [-0.3, -0.25) is 14.9 Å². The van der Waals surface area contributed by atoms with Crippen LogP contribution >= 0.6 is 11.3 Å². The van der Waals surface area contributed by atoms with Gasteiger partial charge in [0, 0.05) is 29.1 Å². The number of ketones is 1. The van der Waals surface area contributed by atoms with Crippen LogP contribution in [-0.2, 0) is 11.3 Å². The van der Waals surface area contributed by atoms with Crippen LogP contribution < -0.4 is 5.32 Å². The number of rotatable bonds is 8. The number of Topliss-reactive ketones (excluding diaryl/α,β-unsaturated/α-hetero) is 1. The highest BCUT2D eigenvalue weighted by molar-refractivity contribution is 7.13. The molecule has 9 heteroatoms. The van der Waals surface area contributed by atoms with Gasteiger partial charge in [-0.1, -0.05) is 42.5 Å². The molecule has 0 amide bonds. The zero-order valence-corrected chi connectivity index (χ0v) is 16.3. The van der Waals surface area contributed by atoms with Gasteiger partial charge in [0.25, 0.3) is 5.69 Å². The molecule has 3 rings (SSSR count). The van der Waals surface area contributed by atoms with Crippen molar-refractivity contribution in [3.63, 3.8) is 0 Å². The van der Waals surface area contributed by atoms with Gasteiger partial charge >= 0.3 is 5.97 Å². The number of ether oxygens (including phenoxy) is 1. The van der Waals surface area contributed by atoms with E-state index in [9.17, 15) is 19.7 Å². The molecule has 0 fully saturated rings. The topological polar surface area (TPSA) is 111 Å². The number of carbonyl (C=O) groups is 2. The Morgan fingerprint density at radius 2 is 1.97 bits per heavy atom. The number of nitrogens with zero attached hydrogens (tertiary/aromatic N) is 2. The van der Waals surface area contributed by atoms with E-state index in [0.717, 1.165) is 5.56 Å². The summed E-state index contributed by atoms with van der Waals surface area (Å²) < 4.78 is 5.01. The molecule has 0 saturated heterocycles. The molecule has 0 radical (unpaired) electrons. The lowest BCUT2D eigenvalue weighted by Crippen LogP contribution is -2.15. The van der Waals surface area contributed by atoms with E-state index < -0.39 is 23.3 Å². The van der Waals surface area contributed by atoms with Gasteiger partial charge < -0.3 is 10.1 Å². The van der Waals surface area contributed by atoms with Gasteiger partial charge in [-0.05, 0) is 12.5 Å². The summed E-state index contributed by atoms with van der Waals surface area (Å²) in [7, 11) is 0. The van der Waals surface area contributed by atoms with Gasteiger partial charge in [0.05, 0.1) is 4.92 Å². The molecule has 0 aliphatic heterocycles. The first-order valence-corrected chi connectivity index (χ1v) is 9.50. The second-order valence-electron chi connectivity index (χ2n) is 6.13. The van der Waals surface area contributed by atoms with E-state index in [-0.39, 0.29) is 16.9 Å². The van der Waals surface area contributed by atoms with E-state index in [1.807, 2.05) is 30.3 Å². The maximum atomic E-state index is 12.2. The number of thiazole rings is 1. The zero-order chi connectivity index (χ0) is 20.8. The number of anilines is 1. The normalized spacial score (nSPS) is 10.4. The third kappa shape index (κ3) is 5.23. The molecule has 1 heterocycles. The summed E-state index contributed by atoms with van der Waals surface area (Å²) in [5.41, 5.74) is 1.56. The van der Waals surface area contributed by atoms with Crippen LogP contribution in [0.5, 0.6) is 0 Å². The summed E-state index contributed by atoms with van der Waals surface area (Å²) >= 11 is 1.25. The maximum absolute atomic E-state index is 12.2. The van der Waals surface area contributed by atoms with Crippen molar-refractivity contribution in [3.8, 4) is 0 Å². The molecule has 0 atom stereocenters. The number of nitrogens with one attached hydrogen (secondary N) is 1. The van der Waals surface area contributed by atoms with Crippen LogP contribution in [0.4, 0.5) is 10.8 Å². The van der Waals surface area contributed by atoms with Crippen molar-refractivity contribution in [1.29, 1.82) is 0 Å². The molecule has 0 spiro atoms. The van der Waals surface area contributed by atoms with E-state index in [4.69, 9.17) is 4.74 Å². The van der Waals surface area contributed by atoms with Crippen LogP contribution in [-0.4, -0.2) is 28.3 Å². The summed E-state index contributed by atoms with van der Waals surface area (Å²) in [4.78, 5) is 38.9. The lowest BCUT2D eigenvalue weighted by Gasteiger charge is -2.04. The van der Waals surface area contributed by atoms with Crippen LogP contribution in [0, 0.1) is 17.0 Å². The van der Waals surface area contributed by atoms with Crippen LogP contribution in [0.3, 0.4) is 0 Å². The number of hydrogen-bond donors (Lipinski definition) is 1. The third-order valence-corrected chi connectivity index (χ3v) is 4.86. The van der Waals surface area contributed by atoms with Gasteiger partial charge in [-0.2, -0.15) is 0 Å². The Labute approximate surface area is 170 Å². The molecule has 0 unspecified atom stereocenters. The van der Waals surface area contributed by atoms with Crippen LogP contribution in [0.1, 0.15) is 32.0 Å². The minimum atomic E-state index is -0.732. The molecular formula is C20H17N3O5S. The lowest BCUT2D eigenvalue weighted by atomic mass is 10.1. The number of nitro benzene ring substituents is 1. The van der Waals surface area contributed by atoms with Crippen molar-refractivity contribution in [1.82, 2.24) is 4.98 Å². The Kier molecular flexibility index (Phi) is 6.30. The van der Waals surface area contributed by atoms with Gasteiger partial charge in [-0.15, -0.1) is 11.3 Å². The molecular weight excluding hydrogens is 394 g/mol. The molecule has 0 bridgehead atoms. The number of esters is 1. The smallest absolute Gasteiger partial charge is 0.358 e. The largest absolute Gasteiger partial charge is 0.453 e. The average molecular weight is 411 g/mol. The van der Waals surface area contributed by atoms with E-state index in [1.165, 1.54) is 34.9 Å². The number of nitro groups is 1. The monoisotopic (exact) mass is 411 g/mol. The molecule has 2 aromatic carbocycles. The molecule has 0 aliphatic rings. The summed E-state index contributed by atoms with van der Waals surface area (Å²) in [6.45, 7) is 1.62. The van der Waals surface area contributed by atoms with Crippen molar-refractivity contribution >= 4 is 33.9 Å². The Morgan fingerprint density at radius 3 is 2.69 bits per heavy atom. The van der Waals surface area contributed by atoms with Crippen molar-refractivity contribution in [3.05, 3.63) is 86.4 Å². The molecule has 8 nitrogen and oxygen atoms in total. The molecule has 0 aliphatic carbocycles. The number of carbonyl (C=O) groups excluding carboxylic acids is 2. The fourth-order valence-electron chi connectivity index (χ4n) is 2.49. The molecule has 0 saturated carbocycles.